The van der Waals surface area contributed by atoms with Crippen LogP contribution in [0.2, 0.25) is 0 Å². The van der Waals surface area contributed by atoms with Gasteiger partial charge in [-0.2, -0.15) is 11.3 Å². The Balaban J connectivity index is 2.22. The standard InChI is InChI=1S/C13H9NO4S3/c15-13(16)11-12(9-3-1-2-4-10(9)20-11)21(17,18)14-8-5-6-19-7-8/h1-7,14H,(H,15,16). The van der Waals surface area contributed by atoms with E-state index in [1.54, 1.807) is 41.1 Å². The minimum absolute atomic E-state index is 0.179. The topological polar surface area (TPSA) is 83.5 Å². The molecule has 0 radical (unpaired) electrons. The summed E-state index contributed by atoms with van der Waals surface area (Å²) in [6.07, 6.45) is 0. The van der Waals surface area contributed by atoms with Crippen LogP contribution < -0.4 is 4.72 Å². The number of anilines is 1. The van der Waals surface area contributed by atoms with Crippen molar-refractivity contribution in [3.8, 4) is 0 Å². The lowest BCUT2D eigenvalue weighted by Gasteiger charge is -2.06. The highest BCUT2D eigenvalue weighted by Gasteiger charge is 2.28. The molecule has 0 atom stereocenters. The smallest absolute Gasteiger partial charge is 0.347 e. The minimum Gasteiger partial charge on any atom is -0.477 e. The van der Waals surface area contributed by atoms with Crippen molar-refractivity contribution >= 4 is 54.4 Å². The van der Waals surface area contributed by atoms with E-state index in [-0.39, 0.29) is 9.77 Å². The van der Waals surface area contributed by atoms with Crippen LogP contribution in [0.5, 0.6) is 0 Å². The lowest BCUT2D eigenvalue weighted by atomic mass is 10.2. The first-order valence-electron chi connectivity index (χ1n) is 5.79. The second-order valence-corrected chi connectivity index (χ2v) is 7.63. The lowest BCUT2D eigenvalue weighted by molar-refractivity contribution is 0.0698. The van der Waals surface area contributed by atoms with Gasteiger partial charge in [-0.3, -0.25) is 4.72 Å². The summed E-state index contributed by atoms with van der Waals surface area (Å²) in [4.78, 5) is 11.0. The van der Waals surface area contributed by atoms with Crippen molar-refractivity contribution in [2.45, 2.75) is 4.90 Å². The molecule has 2 heterocycles. The van der Waals surface area contributed by atoms with E-state index in [9.17, 15) is 18.3 Å². The lowest BCUT2D eigenvalue weighted by Crippen LogP contribution is -2.15. The third kappa shape index (κ3) is 2.53. The van der Waals surface area contributed by atoms with Gasteiger partial charge >= 0.3 is 5.97 Å². The predicted octanol–water partition coefficient (Wildman–Crippen LogP) is 3.46. The fourth-order valence-corrected chi connectivity index (χ4v) is 5.41. The van der Waals surface area contributed by atoms with Gasteiger partial charge in [-0.15, -0.1) is 11.3 Å². The molecule has 0 aliphatic heterocycles. The van der Waals surface area contributed by atoms with Crippen LogP contribution in [0.1, 0.15) is 9.67 Å². The summed E-state index contributed by atoms with van der Waals surface area (Å²) >= 11 is 2.31. The molecule has 0 saturated heterocycles. The van der Waals surface area contributed by atoms with Crippen LogP contribution in [0.3, 0.4) is 0 Å². The van der Waals surface area contributed by atoms with Crippen LogP contribution in [0.4, 0.5) is 5.69 Å². The van der Waals surface area contributed by atoms with Gasteiger partial charge in [0.25, 0.3) is 10.0 Å². The molecular formula is C13H9NO4S3. The van der Waals surface area contributed by atoms with Gasteiger partial charge in [0, 0.05) is 15.5 Å². The van der Waals surface area contributed by atoms with E-state index in [0.717, 1.165) is 11.3 Å². The summed E-state index contributed by atoms with van der Waals surface area (Å²) in [6.45, 7) is 0. The Labute approximate surface area is 128 Å². The summed E-state index contributed by atoms with van der Waals surface area (Å²) in [6, 6.07) is 8.37. The quantitative estimate of drug-likeness (QED) is 0.762. The van der Waals surface area contributed by atoms with Crippen LogP contribution in [0.25, 0.3) is 10.1 Å². The molecule has 0 unspecified atom stereocenters. The predicted molar refractivity (Wildman–Crippen MR) is 83.9 cm³/mol. The Morgan fingerprint density at radius 1 is 1.19 bits per heavy atom. The van der Waals surface area contributed by atoms with Gasteiger partial charge in [-0.05, 0) is 17.5 Å². The zero-order chi connectivity index (χ0) is 15.0. The summed E-state index contributed by atoms with van der Waals surface area (Å²) in [5.74, 6) is -1.25. The molecule has 8 heteroatoms. The fourth-order valence-electron chi connectivity index (χ4n) is 1.96. The number of aromatic carboxylic acids is 1. The first-order valence-corrected chi connectivity index (χ1v) is 9.03. The Morgan fingerprint density at radius 2 is 1.95 bits per heavy atom. The van der Waals surface area contributed by atoms with Gasteiger partial charge in [0.1, 0.15) is 9.77 Å². The molecule has 5 nitrogen and oxygen atoms in total. The zero-order valence-corrected chi connectivity index (χ0v) is 12.9. The number of carboxylic acid groups (broad SMARTS) is 1. The average Bonchev–Trinajstić information content (AvgIpc) is 3.04. The van der Waals surface area contributed by atoms with Crippen LogP contribution >= 0.6 is 22.7 Å². The number of benzene rings is 1. The SMILES string of the molecule is O=C(O)c1sc2ccccc2c1S(=O)(=O)Nc1ccsc1. The normalized spacial score (nSPS) is 11.6. The number of thiophene rings is 2. The van der Waals surface area contributed by atoms with Crippen LogP contribution in [0.15, 0.2) is 46.0 Å². The molecule has 21 heavy (non-hydrogen) atoms. The van der Waals surface area contributed by atoms with Crippen LogP contribution in [0, 0.1) is 0 Å². The van der Waals surface area contributed by atoms with Crippen LogP contribution in [-0.2, 0) is 10.0 Å². The van der Waals surface area contributed by atoms with Crippen molar-refractivity contribution in [2.24, 2.45) is 0 Å². The van der Waals surface area contributed by atoms with E-state index in [0.29, 0.717) is 15.8 Å². The van der Waals surface area contributed by atoms with Crippen molar-refractivity contribution in [3.05, 3.63) is 46.0 Å². The monoisotopic (exact) mass is 339 g/mol. The van der Waals surface area contributed by atoms with Crippen molar-refractivity contribution in [2.75, 3.05) is 4.72 Å². The molecule has 0 aliphatic rings. The average molecular weight is 339 g/mol. The highest BCUT2D eigenvalue weighted by atomic mass is 32.2. The number of sulfonamides is 1. The fraction of sp³-hybridized carbons (Fsp3) is 0. The largest absolute Gasteiger partial charge is 0.477 e. The van der Waals surface area contributed by atoms with Gasteiger partial charge < -0.3 is 5.11 Å². The summed E-state index contributed by atoms with van der Waals surface area (Å²) in [5.41, 5.74) is 0.423. The van der Waals surface area contributed by atoms with E-state index in [1.165, 1.54) is 11.3 Å². The second-order valence-electron chi connectivity index (χ2n) is 4.18. The maximum Gasteiger partial charge on any atom is 0.347 e. The number of hydrogen-bond donors (Lipinski definition) is 2. The summed E-state index contributed by atoms with van der Waals surface area (Å²) in [7, 11) is -3.96. The molecule has 0 aliphatic carbocycles. The molecule has 0 saturated carbocycles. The number of rotatable bonds is 4. The molecular weight excluding hydrogens is 330 g/mol. The van der Waals surface area contributed by atoms with Crippen molar-refractivity contribution in [1.82, 2.24) is 0 Å². The number of carboxylic acids is 1. The first kappa shape index (κ1) is 14.1. The van der Waals surface area contributed by atoms with E-state index in [4.69, 9.17) is 0 Å². The number of hydrogen-bond acceptors (Lipinski definition) is 5. The molecule has 2 N–H and O–H groups in total. The third-order valence-electron chi connectivity index (χ3n) is 2.79. The highest BCUT2D eigenvalue weighted by Crippen LogP contribution is 2.35. The van der Waals surface area contributed by atoms with Crippen LogP contribution in [-0.4, -0.2) is 19.5 Å². The molecule has 108 valence electrons. The minimum atomic E-state index is -3.96. The Bertz CT molecular complexity index is 910. The Hall–Kier alpha value is -1.90. The first-order chi connectivity index (χ1) is 9.99. The molecule has 1 aromatic carbocycles. The van der Waals surface area contributed by atoms with Crippen molar-refractivity contribution in [1.29, 1.82) is 0 Å². The number of nitrogens with one attached hydrogen (secondary N) is 1. The molecule has 2 aromatic heterocycles. The molecule has 0 bridgehead atoms. The zero-order valence-electron chi connectivity index (χ0n) is 10.4. The molecule has 0 fully saturated rings. The van der Waals surface area contributed by atoms with Gasteiger partial charge in [-0.25, -0.2) is 13.2 Å². The number of fused-ring (bicyclic) bond motifs is 1. The van der Waals surface area contributed by atoms with Gasteiger partial charge in [-0.1, -0.05) is 18.2 Å². The molecule has 0 spiro atoms. The van der Waals surface area contributed by atoms with Gasteiger partial charge in [0.15, 0.2) is 0 Å². The van der Waals surface area contributed by atoms with E-state index < -0.39 is 16.0 Å². The van der Waals surface area contributed by atoms with Gasteiger partial charge in [0.05, 0.1) is 5.69 Å². The van der Waals surface area contributed by atoms with Gasteiger partial charge in [0.2, 0.25) is 0 Å². The van der Waals surface area contributed by atoms with E-state index in [1.807, 2.05) is 0 Å². The Kier molecular flexibility index (Phi) is 3.44. The summed E-state index contributed by atoms with van der Waals surface area (Å²) < 4.78 is 28.1. The van der Waals surface area contributed by atoms with E-state index >= 15 is 0 Å². The maximum atomic E-state index is 12.5. The molecule has 3 aromatic rings. The maximum absolute atomic E-state index is 12.5. The third-order valence-corrected chi connectivity index (χ3v) is 6.22. The van der Waals surface area contributed by atoms with E-state index in [2.05, 4.69) is 4.72 Å². The second kappa shape index (κ2) is 5.14. The highest BCUT2D eigenvalue weighted by molar-refractivity contribution is 7.93. The Morgan fingerprint density at radius 3 is 2.62 bits per heavy atom. The summed E-state index contributed by atoms with van der Waals surface area (Å²) in [5, 5.41) is 13.1. The molecule has 3 rings (SSSR count). The van der Waals surface area contributed by atoms with Crippen molar-refractivity contribution in [3.63, 3.8) is 0 Å². The molecule has 0 amide bonds. The van der Waals surface area contributed by atoms with Crippen molar-refractivity contribution < 1.29 is 18.3 Å². The number of carbonyl (C=O) groups is 1.